The lowest BCUT2D eigenvalue weighted by atomic mass is 9.84. The number of rotatable bonds is 1. The van der Waals surface area contributed by atoms with E-state index >= 15 is 0 Å². The molecule has 0 radical (unpaired) electrons. The topological polar surface area (TPSA) is 38.7 Å². The minimum Gasteiger partial charge on any atom is -0.363 e. The van der Waals surface area contributed by atoms with Crippen LogP contribution in [0.3, 0.4) is 0 Å². The Morgan fingerprint density at radius 1 is 0.424 bits per heavy atom. The molecule has 1 saturated heterocycles. The highest BCUT2D eigenvalue weighted by atomic mass is 17.2. The van der Waals surface area contributed by atoms with Gasteiger partial charge in [0.25, 0.3) is 0 Å². The Morgan fingerprint density at radius 3 is 1.18 bits per heavy atom. The molecule has 3 nitrogen and oxygen atoms in total. The average molecular weight is 467 g/mol. The van der Waals surface area contributed by atoms with E-state index in [1.807, 2.05) is 0 Å². The van der Waals surface area contributed by atoms with Gasteiger partial charge < -0.3 is 5.11 Å². The molecule has 1 aliphatic heterocycles. The summed E-state index contributed by atoms with van der Waals surface area (Å²) in [4.78, 5) is 11.6. The zero-order valence-electron chi connectivity index (χ0n) is 22.1. The summed E-state index contributed by atoms with van der Waals surface area (Å²) in [6, 6.07) is 0. The molecule has 0 amide bonds. The van der Waals surface area contributed by atoms with Gasteiger partial charge in [-0.1, -0.05) is 141 Å². The second kappa shape index (κ2) is 20.1. The molecule has 1 saturated carbocycles. The van der Waals surface area contributed by atoms with Crippen LogP contribution in [0.1, 0.15) is 173 Å². The van der Waals surface area contributed by atoms with E-state index in [9.17, 15) is 5.11 Å². The predicted molar refractivity (Wildman–Crippen MR) is 140 cm³/mol. The molecule has 0 aromatic carbocycles. The molecule has 0 aromatic heterocycles. The Balaban J connectivity index is 1.91. The molecule has 0 aromatic rings. The summed E-state index contributed by atoms with van der Waals surface area (Å²) in [5.74, 6) is -0.882. The maximum atomic E-state index is 11.7. The molecule has 2 aliphatic rings. The molecule has 2 rings (SSSR count). The first-order chi connectivity index (χ1) is 16.3. The molecule has 196 valence electrons. The fourth-order valence-corrected chi connectivity index (χ4v) is 5.91. The summed E-state index contributed by atoms with van der Waals surface area (Å²) in [5, 5.41) is 11.7. The third kappa shape index (κ3) is 14.8. The van der Waals surface area contributed by atoms with E-state index < -0.39 is 5.79 Å². The van der Waals surface area contributed by atoms with Crippen molar-refractivity contribution in [1.29, 1.82) is 0 Å². The lowest BCUT2D eigenvalue weighted by Gasteiger charge is -2.35. The van der Waals surface area contributed by atoms with Gasteiger partial charge >= 0.3 is 0 Å². The Morgan fingerprint density at radius 2 is 0.758 bits per heavy atom. The highest BCUT2D eigenvalue weighted by molar-refractivity contribution is 4.78. The number of aliphatic hydroxyl groups is 1. The molecule has 1 atom stereocenters. The third-order valence-electron chi connectivity index (χ3n) is 8.21. The summed E-state index contributed by atoms with van der Waals surface area (Å²) in [6.07, 6.45) is 34.5. The largest absolute Gasteiger partial charge is 0.363 e. The van der Waals surface area contributed by atoms with Crippen LogP contribution in [0, 0.1) is 5.92 Å². The second-order valence-corrected chi connectivity index (χ2v) is 11.3. The van der Waals surface area contributed by atoms with Crippen LogP contribution in [0.15, 0.2) is 0 Å². The van der Waals surface area contributed by atoms with Crippen molar-refractivity contribution >= 4 is 0 Å². The summed E-state index contributed by atoms with van der Waals surface area (Å²) < 4.78 is 0. The van der Waals surface area contributed by atoms with Crippen molar-refractivity contribution in [2.24, 2.45) is 5.92 Å². The third-order valence-corrected chi connectivity index (χ3v) is 8.21. The van der Waals surface area contributed by atoms with E-state index in [1.165, 1.54) is 141 Å². The second-order valence-electron chi connectivity index (χ2n) is 11.3. The van der Waals surface area contributed by atoms with Crippen LogP contribution in [0.25, 0.3) is 0 Å². The van der Waals surface area contributed by atoms with Gasteiger partial charge in [0.2, 0.25) is 5.79 Å². The maximum Gasteiger partial charge on any atom is 0.201 e. The van der Waals surface area contributed by atoms with Gasteiger partial charge in [0.15, 0.2) is 0 Å². The molecule has 1 aliphatic carbocycles. The molecule has 1 heterocycles. The quantitative estimate of drug-likeness (QED) is 0.391. The van der Waals surface area contributed by atoms with Gasteiger partial charge in [-0.25, -0.2) is 9.78 Å². The van der Waals surface area contributed by atoms with Crippen LogP contribution >= 0.6 is 0 Å². The van der Waals surface area contributed by atoms with Gasteiger partial charge in [-0.2, -0.15) is 0 Å². The zero-order chi connectivity index (χ0) is 23.3. The monoisotopic (exact) mass is 466 g/mol. The molecular formula is C30H58O3. The van der Waals surface area contributed by atoms with Gasteiger partial charge in [-0.05, 0) is 25.7 Å². The fraction of sp³-hybridized carbons (Fsp3) is 1.00. The Hall–Kier alpha value is -0.120. The zero-order valence-corrected chi connectivity index (χ0v) is 22.1. The maximum absolute atomic E-state index is 11.7. The van der Waals surface area contributed by atoms with Crippen LogP contribution < -0.4 is 0 Å². The molecule has 3 heteroatoms. The average Bonchev–Trinajstić information content (AvgIpc) is 2.81. The van der Waals surface area contributed by atoms with Crippen LogP contribution in [0.5, 0.6) is 0 Å². The van der Waals surface area contributed by atoms with E-state index in [1.54, 1.807) is 0 Å². The smallest absolute Gasteiger partial charge is 0.201 e. The number of hydrogen-bond donors (Lipinski definition) is 1. The molecule has 2 fully saturated rings. The lowest BCUT2D eigenvalue weighted by Crippen LogP contribution is -2.41. The minimum absolute atomic E-state index is 0.212. The molecule has 1 unspecified atom stereocenters. The van der Waals surface area contributed by atoms with Gasteiger partial charge in [-0.3, -0.25) is 0 Å². The Labute approximate surface area is 206 Å². The standard InChI is InChI=1S/C30H58O3/c31-30(27-23-19-15-11-7-4-8-12-16-20-24-28-32-33-30)29-25-21-17-13-9-5-2-1-3-6-10-14-18-22-26-29/h29,31H,1-28H2. The van der Waals surface area contributed by atoms with Gasteiger partial charge in [-0.15, -0.1) is 0 Å². The predicted octanol–water partition coefficient (Wildman–Crippen LogP) is 9.80. The van der Waals surface area contributed by atoms with E-state index in [0.29, 0.717) is 6.61 Å². The molecule has 0 bridgehead atoms. The molecule has 33 heavy (non-hydrogen) atoms. The summed E-state index contributed by atoms with van der Waals surface area (Å²) in [6.45, 7) is 0.620. The van der Waals surface area contributed by atoms with Gasteiger partial charge in [0.05, 0.1) is 6.61 Å². The normalized spacial score (nSPS) is 29.4. The summed E-state index contributed by atoms with van der Waals surface area (Å²) in [5.41, 5.74) is 0. The highest BCUT2D eigenvalue weighted by Crippen LogP contribution is 2.35. The van der Waals surface area contributed by atoms with Crippen LogP contribution in [0.4, 0.5) is 0 Å². The first kappa shape index (κ1) is 29.1. The van der Waals surface area contributed by atoms with E-state index in [0.717, 1.165) is 32.1 Å². The van der Waals surface area contributed by atoms with Crippen LogP contribution in [0.2, 0.25) is 0 Å². The molecule has 0 spiro atoms. The first-order valence-corrected chi connectivity index (χ1v) is 15.3. The van der Waals surface area contributed by atoms with Crippen molar-refractivity contribution in [2.75, 3.05) is 6.61 Å². The molecular weight excluding hydrogens is 408 g/mol. The van der Waals surface area contributed by atoms with E-state index in [4.69, 9.17) is 9.78 Å². The summed E-state index contributed by atoms with van der Waals surface area (Å²) in [7, 11) is 0. The fourth-order valence-electron chi connectivity index (χ4n) is 5.91. The SMILES string of the molecule is OC1(C2CCCCCCCCCCCCCCC2)CCCCCCCCCCCCCOO1. The Bertz CT molecular complexity index is 393. The van der Waals surface area contributed by atoms with Crippen molar-refractivity contribution in [1.82, 2.24) is 0 Å². The van der Waals surface area contributed by atoms with E-state index in [-0.39, 0.29) is 5.92 Å². The lowest BCUT2D eigenvalue weighted by molar-refractivity contribution is -0.437. The van der Waals surface area contributed by atoms with E-state index in [2.05, 4.69) is 0 Å². The van der Waals surface area contributed by atoms with Crippen molar-refractivity contribution in [3.05, 3.63) is 0 Å². The van der Waals surface area contributed by atoms with Crippen molar-refractivity contribution in [3.8, 4) is 0 Å². The minimum atomic E-state index is -1.09. The summed E-state index contributed by atoms with van der Waals surface area (Å²) >= 11 is 0. The van der Waals surface area contributed by atoms with Crippen molar-refractivity contribution in [3.63, 3.8) is 0 Å². The van der Waals surface area contributed by atoms with Crippen LogP contribution in [-0.2, 0) is 9.78 Å². The Kier molecular flexibility index (Phi) is 17.7. The molecule has 1 N–H and O–H groups in total. The van der Waals surface area contributed by atoms with Gasteiger partial charge in [0.1, 0.15) is 0 Å². The highest BCUT2D eigenvalue weighted by Gasteiger charge is 2.38. The number of hydrogen-bond acceptors (Lipinski definition) is 3. The van der Waals surface area contributed by atoms with Crippen LogP contribution in [-0.4, -0.2) is 17.5 Å². The van der Waals surface area contributed by atoms with Crippen molar-refractivity contribution < 1.29 is 14.9 Å². The van der Waals surface area contributed by atoms with Crippen molar-refractivity contribution in [2.45, 2.75) is 179 Å². The first-order valence-electron chi connectivity index (χ1n) is 15.3. The van der Waals surface area contributed by atoms with Gasteiger partial charge in [0, 0.05) is 12.3 Å².